The first kappa shape index (κ1) is 23.1. The number of allylic oxidation sites excluding steroid dienone is 3. The van der Waals surface area contributed by atoms with Crippen molar-refractivity contribution < 1.29 is 19.5 Å². The lowest BCUT2D eigenvalue weighted by atomic mass is 10.1. The molecule has 0 aromatic rings. The van der Waals surface area contributed by atoms with Crippen LogP contribution < -0.4 is 5.11 Å². The van der Waals surface area contributed by atoms with Crippen molar-refractivity contribution in [3.05, 3.63) is 23.3 Å². The second-order valence-electron chi connectivity index (χ2n) is 5.87. The van der Waals surface area contributed by atoms with Crippen molar-refractivity contribution in [1.82, 2.24) is 0 Å². The summed E-state index contributed by atoms with van der Waals surface area (Å²) in [5.41, 5.74) is 2.11. The molecule has 0 fully saturated rings. The Kier molecular flexibility index (Phi) is 14.2. The van der Waals surface area contributed by atoms with Crippen molar-refractivity contribution in [3.8, 4) is 0 Å². The van der Waals surface area contributed by atoms with Gasteiger partial charge in [-0.3, -0.25) is 0 Å². The lowest BCUT2D eigenvalue weighted by molar-refractivity contribution is -0.923. The minimum Gasteiger partial charge on any atom is -0.545 e. The van der Waals surface area contributed by atoms with Gasteiger partial charge < -0.3 is 19.5 Å². The second-order valence-corrected chi connectivity index (χ2v) is 5.87. The van der Waals surface area contributed by atoms with Gasteiger partial charge in [-0.2, -0.15) is 0 Å². The van der Waals surface area contributed by atoms with Gasteiger partial charge in [-0.25, -0.2) is 0 Å². The number of aliphatic hydroxyl groups is 1. The first-order valence-corrected chi connectivity index (χ1v) is 8.24. The number of carbonyl (C=O) groups excluding carboxylic acids is 1. The summed E-state index contributed by atoms with van der Waals surface area (Å²) in [5, 5.41) is 18.9. The van der Waals surface area contributed by atoms with E-state index in [0.29, 0.717) is 6.61 Å². The van der Waals surface area contributed by atoms with Gasteiger partial charge in [-0.05, 0) is 60.5 Å². The number of aliphatic carboxylic acids is 1. The average molecular weight is 313 g/mol. The predicted octanol–water partition coefficient (Wildman–Crippen LogP) is 2.28. The van der Waals surface area contributed by atoms with Crippen LogP contribution in [0.3, 0.4) is 0 Å². The molecule has 0 amide bonds. The Hall–Kier alpha value is -1.13. The summed E-state index contributed by atoms with van der Waals surface area (Å²) in [6.45, 7) is 17.0. The normalized spacial score (nSPS) is 11.5. The maximum absolute atomic E-state index is 10.1. The fraction of sp³-hybridized carbons (Fsp3) is 0.722. The predicted molar refractivity (Wildman–Crippen MR) is 91.3 cm³/mol. The fourth-order valence-corrected chi connectivity index (χ4v) is 2.22. The van der Waals surface area contributed by atoms with Crippen LogP contribution in [0, 0.1) is 0 Å². The van der Waals surface area contributed by atoms with E-state index in [1.54, 1.807) is 6.92 Å². The number of rotatable bonds is 9. The Morgan fingerprint density at radius 3 is 1.86 bits per heavy atom. The van der Waals surface area contributed by atoms with Crippen molar-refractivity contribution in [2.75, 3.05) is 32.8 Å². The number of hydrogen-bond acceptors (Lipinski definition) is 3. The SMILES string of the molecule is CC(C)=CCC/C(C)=C/C(=O)[O-].CC[N+](CC)(CC)CCO. The van der Waals surface area contributed by atoms with Gasteiger partial charge in [-0.1, -0.05) is 17.2 Å². The highest BCUT2D eigenvalue weighted by molar-refractivity contribution is 5.78. The molecule has 0 bridgehead atoms. The first-order valence-electron chi connectivity index (χ1n) is 8.24. The number of nitrogens with zero attached hydrogens (tertiary/aromatic N) is 1. The van der Waals surface area contributed by atoms with Crippen molar-refractivity contribution in [2.45, 2.75) is 54.4 Å². The molecule has 0 unspecified atom stereocenters. The summed E-state index contributed by atoms with van der Waals surface area (Å²) >= 11 is 0. The van der Waals surface area contributed by atoms with Gasteiger partial charge in [0.2, 0.25) is 0 Å². The second kappa shape index (κ2) is 13.5. The molecular weight excluding hydrogens is 278 g/mol. The van der Waals surface area contributed by atoms with E-state index < -0.39 is 5.97 Å². The molecular formula is C18H35NO3. The molecule has 4 nitrogen and oxygen atoms in total. The van der Waals surface area contributed by atoms with E-state index in [2.05, 4.69) is 26.8 Å². The molecule has 0 spiro atoms. The Balaban J connectivity index is 0. The van der Waals surface area contributed by atoms with Gasteiger partial charge >= 0.3 is 0 Å². The van der Waals surface area contributed by atoms with Crippen LogP contribution in [-0.2, 0) is 4.79 Å². The van der Waals surface area contributed by atoms with E-state index in [-0.39, 0.29) is 0 Å². The van der Waals surface area contributed by atoms with Crippen LogP contribution in [0.2, 0.25) is 0 Å². The largest absolute Gasteiger partial charge is 0.545 e. The molecule has 0 radical (unpaired) electrons. The van der Waals surface area contributed by atoms with Crippen LogP contribution in [0.1, 0.15) is 54.4 Å². The number of aliphatic hydroxyl groups excluding tert-OH is 1. The molecule has 0 aromatic heterocycles. The third-order valence-corrected chi connectivity index (χ3v) is 4.04. The van der Waals surface area contributed by atoms with Crippen LogP contribution in [0.15, 0.2) is 23.3 Å². The number of carboxylic acid groups (broad SMARTS) is 1. The van der Waals surface area contributed by atoms with Crippen molar-refractivity contribution in [1.29, 1.82) is 0 Å². The van der Waals surface area contributed by atoms with Crippen LogP contribution in [0.4, 0.5) is 0 Å². The summed E-state index contributed by atoms with van der Waals surface area (Å²) in [6.07, 6.45) is 4.93. The van der Waals surface area contributed by atoms with E-state index in [0.717, 1.165) is 55.2 Å². The molecule has 0 aliphatic heterocycles. The fourth-order valence-electron chi connectivity index (χ4n) is 2.22. The monoisotopic (exact) mass is 313 g/mol. The van der Waals surface area contributed by atoms with E-state index in [9.17, 15) is 9.90 Å². The van der Waals surface area contributed by atoms with E-state index in [1.165, 1.54) is 5.57 Å². The minimum atomic E-state index is -1.11. The van der Waals surface area contributed by atoms with Crippen molar-refractivity contribution in [2.24, 2.45) is 0 Å². The topological polar surface area (TPSA) is 60.4 Å². The molecule has 0 atom stereocenters. The number of carboxylic acids is 1. The van der Waals surface area contributed by atoms with Crippen LogP contribution >= 0.6 is 0 Å². The molecule has 0 aliphatic carbocycles. The molecule has 0 saturated carbocycles. The van der Waals surface area contributed by atoms with Crippen LogP contribution in [0.5, 0.6) is 0 Å². The molecule has 130 valence electrons. The number of quaternary nitrogens is 1. The first-order chi connectivity index (χ1) is 10.3. The number of carbonyl (C=O) groups is 1. The zero-order valence-corrected chi connectivity index (χ0v) is 15.3. The highest BCUT2D eigenvalue weighted by Gasteiger charge is 2.18. The summed E-state index contributed by atoms with van der Waals surface area (Å²) < 4.78 is 1.05. The van der Waals surface area contributed by atoms with Crippen molar-refractivity contribution in [3.63, 3.8) is 0 Å². The molecule has 0 aliphatic rings. The minimum absolute atomic E-state index is 0.315. The van der Waals surface area contributed by atoms with Crippen LogP contribution in [0.25, 0.3) is 0 Å². The van der Waals surface area contributed by atoms with Gasteiger partial charge in [-0.15, -0.1) is 0 Å². The molecule has 4 heteroatoms. The molecule has 0 rings (SSSR count). The van der Waals surface area contributed by atoms with Gasteiger partial charge in [0.15, 0.2) is 0 Å². The molecule has 0 heterocycles. The average Bonchev–Trinajstić information content (AvgIpc) is 2.44. The Labute approximate surface area is 136 Å². The zero-order chi connectivity index (χ0) is 17.6. The van der Waals surface area contributed by atoms with E-state index in [1.807, 2.05) is 13.8 Å². The van der Waals surface area contributed by atoms with E-state index in [4.69, 9.17) is 5.11 Å². The molecule has 0 aromatic carbocycles. The maximum atomic E-state index is 10.1. The molecule has 1 N–H and O–H groups in total. The number of likely N-dealkylation sites (N-methyl/N-ethyl adjacent to an activating group) is 1. The Morgan fingerprint density at radius 1 is 1.09 bits per heavy atom. The Morgan fingerprint density at radius 2 is 1.59 bits per heavy atom. The third-order valence-electron chi connectivity index (χ3n) is 4.04. The standard InChI is InChI=1S/C10H16O2.C8H20NO/c1-8(2)5-4-6-9(3)7-10(11)12;1-4-9(5-2,6-3)7-8-10/h5,7H,4,6H2,1-3H3,(H,11,12);10H,4-8H2,1-3H3/q;+1/p-1/b9-7+;. The smallest absolute Gasteiger partial charge is 0.102 e. The van der Waals surface area contributed by atoms with Gasteiger partial charge in [0.25, 0.3) is 0 Å². The molecule has 22 heavy (non-hydrogen) atoms. The highest BCUT2D eigenvalue weighted by atomic mass is 16.4. The van der Waals surface area contributed by atoms with Crippen molar-refractivity contribution >= 4 is 5.97 Å². The van der Waals surface area contributed by atoms with Crippen LogP contribution in [-0.4, -0.2) is 48.3 Å². The third kappa shape index (κ3) is 12.6. The summed E-state index contributed by atoms with van der Waals surface area (Å²) in [7, 11) is 0. The summed E-state index contributed by atoms with van der Waals surface area (Å²) in [4.78, 5) is 10.1. The quantitative estimate of drug-likeness (QED) is 0.403. The molecule has 0 saturated heterocycles. The lowest BCUT2D eigenvalue weighted by Gasteiger charge is -2.34. The maximum Gasteiger partial charge on any atom is 0.102 e. The Bertz CT molecular complexity index is 343. The number of hydrogen-bond donors (Lipinski definition) is 1. The lowest BCUT2D eigenvalue weighted by Crippen LogP contribution is -2.49. The summed E-state index contributed by atoms with van der Waals surface area (Å²) in [6, 6.07) is 0. The van der Waals surface area contributed by atoms with Gasteiger partial charge in [0.1, 0.15) is 6.54 Å². The van der Waals surface area contributed by atoms with E-state index >= 15 is 0 Å². The zero-order valence-electron chi connectivity index (χ0n) is 15.3. The van der Waals surface area contributed by atoms with Gasteiger partial charge in [0.05, 0.1) is 32.2 Å². The van der Waals surface area contributed by atoms with Gasteiger partial charge in [0, 0.05) is 0 Å². The highest BCUT2D eigenvalue weighted by Crippen LogP contribution is 2.05. The summed E-state index contributed by atoms with van der Waals surface area (Å²) in [5.74, 6) is -1.11.